The van der Waals surface area contributed by atoms with Crippen LogP contribution in [0.3, 0.4) is 0 Å². The van der Waals surface area contributed by atoms with Crippen molar-refractivity contribution in [2.45, 2.75) is 44.9 Å². The summed E-state index contributed by atoms with van der Waals surface area (Å²) in [4.78, 5) is 2.37. The highest BCUT2D eigenvalue weighted by Gasteiger charge is 2.26. The van der Waals surface area contributed by atoms with Gasteiger partial charge >= 0.3 is 0 Å². The van der Waals surface area contributed by atoms with Crippen molar-refractivity contribution < 1.29 is 9.52 Å². The highest BCUT2D eigenvalue weighted by atomic mass is 16.3. The number of rotatable bonds is 2. The van der Waals surface area contributed by atoms with E-state index in [-0.39, 0.29) is 0 Å². The topological polar surface area (TPSA) is 62.4 Å². The van der Waals surface area contributed by atoms with Crippen molar-refractivity contribution in [3.8, 4) is 17.0 Å². The number of piperidine rings is 1. The quantitative estimate of drug-likeness (QED) is 0.739. The molecule has 27 heavy (non-hydrogen) atoms. The van der Waals surface area contributed by atoms with E-state index in [2.05, 4.69) is 28.2 Å². The first-order valence-corrected chi connectivity index (χ1v) is 9.90. The van der Waals surface area contributed by atoms with Crippen molar-refractivity contribution in [1.29, 1.82) is 0 Å². The molecular formula is C22H25N3O2. The number of aryl methyl sites for hydroxylation is 2. The number of phenolic OH excluding ortho intramolecular Hbond substituents is 1. The summed E-state index contributed by atoms with van der Waals surface area (Å²) in [7, 11) is 2.17. The van der Waals surface area contributed by atoms with E-state index in [0.29, 0.717) is 11.7 Å². The fraction of sp³-hybridized carbons (Fsp3) is 0.455. The molecule has 5 nitrogen and oxygen atoms in total. The van der Waals surface area contributed by atoms with Gasteiger partial charge < -0.3 is 14.4 Å². The predicted octanol–water partition coefficient (Wildman–Crippen LogP) is 4.20. The molecule has 1 atom stereocenters. The van der Waals surface area contributed by atoms with E-state index in [1.165, 1.54) is 12.0 Å². The largest absolute Gasteiger partial charge is 0.507 e. The van der Waals surface area contributed by atoms with Crippen molar-refractivity contribution in [1.82, 2.24) is 15.1 Å². The SMILES string of the molecule is Cc1c(-c2ccc3c(c2O)CCC3)nnc2c(C3CCCN(C)C3)coc12. The molecule has 1 aliphatic carbocycles. The Bertz CT molecular complexity index is 1020. The van der Waals surface area contributed by atoms with Crippen LogP contribution in [0.5, 0.6) is 5.75 Å². The highest BCUT2D eigenvalue weighted by Crippen LogP contribution is 2.40. The lowest BCUT2D eigenvalue weighted by molar-refractivity contribution is 0.250. The maximum atomic E-state index is 10.8. The number of furan rings is 1. The first-order chi connectivity index (χ1) is 13.1. The first kappa shape index (κ1) is 16.8. The Kier molecular flexibility index (Phi) is 3.93. The van der Waals surface area contributed by atoms with Gasteiger partial charge in [-0.3, -0.25) is 0 Å². The number of benzene rings is 1. The van der Waals surface area contributed by atoms with Crippen molar-refractivity contribution >= 4 is 11.1 Å². The van der Waals surface area contributed by atoms with Gasteiger partial charge in [-0.05, 0) is 69.8 Å². The van der Waals surface area contributed by atoms with Crippen molar-refractivity contribution in [3.63, 3.8) is 0 Å². The summed E-state index contributed by atoms with van der Waals surface area (Å²) in [5.74, 6) is 0.806. The lowest BCUT2D eigenvalue weighted by Crippen LogP contribution is -2.30. The minimum Gasteiger partial charge on any atom is -0.507 e. The molecule has 1 fully saturated rings. The molecule has 2 aliphatic rings. The molecule has 0 bridgehead atoms. The van der Waals surface area contributed by atoms with Gasteiger partial charge in [0.2, 0.25) is 0 Å². The number of phenols is 1. The van der Waals surface area contributed by atoms with E-state index >= 15 is 0 Å². The third-order valence-electron chi connectivity index (χ3n) is 6.31. The van der Waals surface area contributed by atoms with Crippen LogP contribution in [0.25, 0.3) is 22.4 Å². The zero-order valence-electron chi connectivity index (χ0n) is 16.0. The van der Waals surface area contributed by atoms with Crippen LogP contribution in [-0.4, -0.2) is 40.3 Å². The van der Waals surface area contributed by atoms with Gasteiger partial charge in [-0.2, -0.15) is 0 Å². The summed E-state index contributed by atoms with van der Waals surface area (Å²) in [6.45, 7) is 4.20. The number of aromatic hydroxyl groups is 1. The Labute approximate surface area is 159 Å². The molecular weight excluding hydrogens is 338 g/mol. The van der Waals surface area contributed by atoms with Gasteiger partial charge in [-0.15, -0.1) is 10.2 Å². The van der Waals surface area contributed by atoms with Crippen LogP contribution in [0.15, 0.2) is 22.8 Å². The monoisotopic (exact) mass is 363 g/mol. The molecule has 0 spiro atoms. The molecule has 0 saturated carbocycles. The predicted molar refractivity (Wildman–Crippen MR) is 105 cm³/mol. The molecule has 3 heterocycles. The molecule has 1 aliphatic heterocycles. The van der Waals surface area contributed by atoms with Gasteiger partial charge in [0.1, 0.15) is 17.0 Å². The van der Waals surface area contributed by atoms with Crippen molar-refractivity contribution in [2.24, 2.45) is 0 Å². The summed E-state index contributed by atoms with van der Waals surface area (Å²) in [5.41, 5.74) is 7.58. The summed E-state index contributed by atoms with van der Waals surface area (Å²) in [6.07, 6.45) is 7.30. The molecule has 5 rings (SSSR count). The maximum Gasteiger partial charge on any atom is 0.159 e. The Morgan fingerprint density at radius 3 is 2.93 bits per heavy atom. The van der Waals surface area contributed by atoms with E-state index in [1.807, 2.05) is 19.3 Å². The summed E-state index contributed by atoms with van der Waals surface area (Å²) < 4.78 is 5.96. The first-order valence-electron chi connectivity index (χ1n) is 9.90. The van der Waals surface area contributed by atoms with Crippen LogP contribution in [0.2, 0.25) is 0 Å². The average molecular weight is 363 g/mol. The number of fused-ring (bicyclic) bond motifs is 2. The third-order valence-corrected chi connectivity index (χ3v) is 6.31. The number of hydrogen-bond donors (Lipinski definition) is 1. The van der Waals surface area contributed by atoms with Gasteiger partial charge in [0.25, 0.3) is 0 Å². The van der Waals surface area contributed by atoms with Gasteiger partial charge in [0.05, 0.1) is 6.26 Å². The fourth-order valence-electron chi connectivity index (χ4n) is 4.82. The lowest BCUT2D eigenvalue weighted by atomic mass is 9.91. The molecule has 0 amide bonds. The van der Waals surface area contributed by atoms with Crippen LogP contribution >= 0.6 is 0 Å². The zero-order valence-corrected chi connectivity index (χ0v) is 16.0. The number of likely N-dealkylation sites (tertiary alicyclic amines) is 1. The Morgan fingerprint density at radius 2 is 2.07 bits per heavy atom. The lowest BCUT2D eigenvalue weighted by Gasteiger charge is -2.28. The van der Waals surface area contributed by atoms with Crippen LogP contribution in [0, 0.1) is 6.92 Å². The van der Waals surface area contributed by atoms with Crippen LogP contribution in [-0.2, 0) is 12.8 Å². The van der Waals surface area contributed by atoms with E-state index in [4.69, 9.17) is 4.42 Å². The van der Waals surface area contributed by atoms with E-state index < -0.39 is 0 Å². The van der Waals surface area contributed by atoms with Crippen molar-refractivity contribution in [3.05, 3.63) is 40.6 Å². The Morgan fingerprint density at radius 1 is 1.19 bits per heavy atom. The summed E-state index contributed by atoms with van der Waals surface area (Å²) >= 11 is 0. The second-order valence-corrected chi connectivity index (χ2v) is 8.10. The molecule has 3 aromatic rings. The van der Waals surface area contributed by atoms with Crippen LogP contribution in [0.4, 0.5) is 0 Å². The number of aromatic nitrogens is 2. The summed E-state index contributed by atoms with van der Waals surface area (Å²) in [6, 6.07) is 4.09. The Balaban J connectivity index is 1.59. The number of likely N-dealkylation sites (N-methyl/N-ethyl adjacent to an activating group) is 1. The van der Waals surface area contributed by atoms with Gasteiger partial charge in [0, 0.05) is 29.2 Å². The van der Waals surface area contributed by atoms with Gasteiger partial charge in [-0.25, -0.2) is 0 Å². The van der Waals surface area contributed by atoms with Crippen LogP contribution in [0.1, 0.15) is 47.4 Å². The highest BCUT2D eigenvalue weighted by molar-refractivity contribution is 5.86. The van der Waals surface area contributed by atoms with E-state index in [0.717, 1.165) is 77.8 Å². The molecule has 2 aromatic heterocycles. The number of nitrogens with zero attached hydrogens (tertiary/aromatic N) is 3. The molecule has 140 valence electrons. The molecule has 1 aromatic carbocycles. The zero-order chi connectivity index (χ0) is 18.5. The maximum absolute atomic E-state index is 10.8. The van der Waals surface area contributed by atoms with E-state index in [9.17, 15) is 5.11 Å². The second kappa shape index (κ2) is 6.34. The Hall–Kier alpha value is -2.40. The second-order valence-electron chi connectivity index (χ2n) is 8.10. The molecule has 1 saturated heterocycles. The minimum absolute atomic E-state index is 0.363. The minimum atomic E-state index is 0.363. The van der Waals surface area contributed by atoms with E-state index in [1.54, 1.807) is 0 Å². The van der Waals surface area contributed by atoms with Crippen molar-refractivity contribution in [2.75, 3.05) is 20.1 Å². The van der Waals surface area contributed by atoms with Gasteiger partial charge in [0.15, 0.2) is 5.58 Å². The standard InChI is InChI=1S/C22H25N3O2/c1-13-19(17-9-8-14-5-3-7-16(14)21(17)26)23-24-20-18(12-27-22(13)20)15-6-4-10-25(2)11-15/h8-9,12,15,26H,3-7,10-11H2,1-2H3. The third kappa shape index (κ3) is 2.64. The number of hydrogen-bond acceptors (Lipinski definition) is 5. The molecule has 0 radical (unpaired) electrons. The molecule has 5 heteroatoms. The fourth-order valence-corrected chi connectivity index (χ4v) is 4.82. The smallest absolute Gasteiger partial charge is 0.159 e. The average Bonchev–Trinajstić information content (AvgIpc) is 3.30. The van der Waals surface area contributed by atoms with Gasteiger partial charge in [-0.1, -0.05) is 6.07 Å². The normalized spacial score (nSPS) is 20.3. The summed E-state index contributed by atoms with van der Waals surface area (Å²) in [5, 5.41) is 19.9. The molecule has 1 unspecified atom stereocenters. The molecule has 1 N–H and O–H groups in total. The van der Waals surface area contributed by atoms with Crippen LogP contribution < -0.4 is 0 Å².